The minimum absolute atomic E-state index is 1.10. The quantitative estimate of drug-likeness (QED) is 0.214. The first-order chi connectivity index (χ1) is 21.8. The average molecular weight is 565 g/mol. The molecule has 0 aliphatic rings. The summed E-state index contributed by atoms with van der Waals surface area (Å²) in [7, 11) is 0. The second-order valence-electron chi connectivity index (χ2n) is 10.9. The molecule has 6 heteroatoms. The number of fused-ring (bicyclic) bond motifs is 6. The van der Waals surface area contributed by atoms with Crippen molar-refractivity contribution in [2.24, 2.45) is 0 Å². The summed E-state index contributed by atoms with van der Waals surface area (Å²) in [6.45, 7) is 0. The zero-order chi connectivity index (χ0) is 29.0. The van der Waals surface area contributed by atoms with Gasteiger partial charge in [0.15, 0.2) is 0 Å². The van der Waals surface area contributed by atoms with Crippen LogP contribution in [0.25, 0.3) is 77.2 Å². The van der Waals surface area contributed by atoms with Crippen LogP contribution in [0.2, 0.25) is 0 Å². The average Bonchev–Trinajstić information content (AvgIpc) is 3.62. The highest BCUT2D eigenvalue weighted by Crippen LogP contribution is 2.35. The topological polar surface area (TPSA) is 61.4 Å². The molecule has 6 heterocycles. The maximum atomic E-state index is 4.38. The molecule has 0 radical (unpaired) electrons. The summed E-state index contributed by atoms with van der Waals surface area (Å²) in [5, 5.41) is 4.38. The lowest BCUT2D eigenvalue weighted by Crippen LogP contribution is -1.95. The van der Waals surface area contributed by atoms with Gasteiger partial charge >= 0.3 is 0 Å². The predicted octanol–water partition coefficient (Wildman–Crippen LogP) is 8.79. The van der Waals surface area contributed by atoms with Crippen molar-refractivity contribution in [3.8, 4) is 33.6 Å². The molecule has 6 aromatic heterocycles. The Morgan fingerprint density at radius 2 is 0.659 bits per heavy atom. The molecule has 0 aliphatic heterocycles. The van der Waals surface area contributed by atoms with E-state index in [4.69, 9.17) is 0 Å². The van der Waals surface area contributed by atoms with E-state index in [1.165, 1.54) is 0 Å². The molecule has 206 valence electrons. The summed E-state index contributed by atoms with van der Waals surface area (Å²) in [4.78, 5) is 17.5. The molecule has 0 aliphatic carbocycles. The van der Waals surface area contributed by atoms with Gasteiger partial charge in [0.25, 0.3) is 0 Å². The normalized spacial score (nSPS) is 11.6. The minimum atomic E-state index is 1.10. The number of nitrogens with zero attached hydrogens (tertiary/aromatic N) is 6. The molecule has 3 aromatic carbocycles. The number of hydrogen-bond donors (Lipinski definition) is 0. The molecule has 0 saturated carbocycles. The Morgan fingerprint density at radius 1 is 0.341 bits per heavy atom. The first kappa shape index (κ1) is 24.5. The van der Waals surface area contributed by atoms with Crippen LogP contribution in [0, 0.1) is 0 Å². The van der Waals surface area contributed by atoms with Crippen molar-refractivity contribution >= 4 is 43.6 Å². The summed E-state index contributed by atoms with van der Waals surface area (Å²) in [5.41, 5.74) is 11.3. The molecule has 0 bridgehead atoms. The third kappa shape index (κ3) is 3.75. The summed E-state index contributed by atoms with van der Waals surface area (Å²) in [5.74, 6) is 0. The fourth-order valence-electron chi connectivity index (χ4n) is 6.50. The van der Waals surface area contributed by atoms with Gasteiger partial charge in [0.2, 0.25) is 0 Å². The van der Waals surface area contributed by atoms with Crippen LogP contribution in [-0.4, -0.2) is 29.1 Å². The third-order valence-electron chi connectivity index (χ3n) is 8.47. The fourth-order valence-corrected chi connectivity index (χ4v) is 6.50. The number of rotatable bonds is 4. The maximum absolute atomic E-state index is 4.38. The van der Waals surface area contributed by atoms with Crippen molar-refractivity contribution < 1.29 is 0 Å². The van der Waals surface area contributed by atoms with Gasteiger partial charge in [-0.1, -0.05) is 42.5 Å². The van der Waals surface area contributed by atoms with Gasteiger partial charge in [0, 0.05) is 82.5 Å². The van der Waals surface area contributed by atoms with Gasteiger partial charge in [-0.2, -0.15) is 0 Å². The lowest BCUT2D eigenvalue weighted by molar-refractivity contribution is 1.17. The SMILES string of the molecule is c1cc(-c2cccc(-n3c4ccncc4c4cnccc43)c2)cc(-c2cccc(-n3c4ccncc4c4cnccc43)c2)c1. The van der Waals surface area contributed by atoms with E-state index in [1.807, 2.05) is 49.6 Å². The summed E-state index contributed by atoms with van der Waals surface area (Å²) in [6.07, 6.45) is 15.1. The summed E-state index contributed by atoms with van der Waals surface area (Å²) >= 11 is 0. The van der Waals surface area contributed by atoms with E-state index in [-0.39, 0.29) is 0 Å². The molecule has 0 amide bonds. The lowest BCUT2D eigenvalue weighted by Gasteiger charge is -2.12. The zero-order valence-electron chi connectivity index (χ0n) is 23.5. The Morgan fingerprint density at radius 3 is 1.02 bits per heavy atom. The van der Waals surface area contributed by atoms with Crippen molar-refractivity contribution in [1.82, 2.24) is 29.1 Å². The van der Waals surface area contributed by atoms with Gasteiger partial charge in [-0.15, -0.1) is 0 Å². The molecule has 44 heavy (non-hydrogen) atoms. The van der Waals surface area contributed by atoms with Crippen molar-refractivity contribution in [3.63, 3.8) is 0 Å². The molecule has 9 rings (SSSR count). The van der Waals surface area contributed by atoms with E-state index in [1.54, 1.807) is 0 Å². The molecule has 9 aromatic rings. The second-order valence-corrected chi connectivity index (χ2v) is 10.9. The fraction of sp³-hybridized carbons (Fsp3) is 0. The first-order valence-electron chi connectivity index (χ1n) is 14.5. The predicted molar refractivity (Wildman–Crippen MR) is 177 cm³/mol. The third-order valence-corrected chi connectivity index (χ3v) is 8.47. The van der Waals surface area contributed by atoms with E-state index in [2.05, 4.69) is 126 Å². The molecule has 0 unspecified atom stereocenters. The highest BCUT2D eigenvalue weighted by molar-refractivity contribution is 6.09. The molecule has 0 atom stereocenters. The number of aromatic nitrogens is 6. The van der Waals surface area contributed by atoms with Crippen LogP contribution >= 0.6 is 0 Å². The maximum Gasteiger partial charge on any atom is 0.0572 e. The smallest absolute Gasteiger partial charge is 0.0572 e. The first-order valence-corrected chi connectivity index (χ1v) is 14.5. The van der Waals surface area contributed by atoms with Gasteiger partial charge in [-0.25, -0.2) is 0 Å². The second kappa shape index (κ2) is 9.71. The molecule has 0 spiro atoms. The minimum Gasteiger partial charge on any atom is -0.309 e. The van der Waals surface area contributed by atoms with E-state index in [0.717, 1.165) is 77.2 Å². The van der Waals surface area contributed by atoms with Crippen molar-refractivity contribution in [2.45, 2.75) is 0 Å². The zero-order valence-corrected chi connectivity index (χ0v) is 23.5. The molecular formula is C38H24N6. The molecule has 0 saturated heterocycles. The molecule has 0 fully saturated rings. The Hall–Kier alpha value is -6.14. The van der Waals surface area contributed by atoms with Crippen molar-refractivity contribution in [1.29, 1.82) is 0 Å². The van der Waals surface area contributed by atoms with E-state index in [0.29, 0.717) is 0 Å². The van der Waals surface area contributed by atoms with Crippen molar-refractivity contribution in [2.75, 3.05) is 0 Å². The van der Waals surface area contributed by atoms with Crippen LogP contribution in [0.4, 0.5) is 0 Å². The van der Waals surface area contributed by atoms with E-state index >= 15 is 0 Å². The number of hydrogen-bond acceptors (Lipinski definition) is 4. The van der Waals surface area contributed by atoms with Crippen LogP contribution in [-0.2, 0) is 0 Å². The largest absolute Gasteiger partial charge is 0.309 e. The van der Waals surface area contributed by atoms with Gasteiger partial charge in [0.05, 0.1) is 22.1 Å². The van der Waals surface area contributed by atoms with Crippen molar-refractivity contribution in [3.05, 3.63) is 147 Å². The van der Waals surface area contributed by atoms with Crippen LogP contribution in [0.5, 0.6) is 0 Å². The van der Waals surface area contributed by atoms with Crippen LogP contribution in [0.1, 0.15) is 0 Å². The monoisotopic (exact) mass is 564 g/mol. The molecular weight excluding hydrogens is 540 g/mol. The van der Waals surface area contributed by atoms with Gasteiger partial charge in [-0.05, 0) is 76.9 Å². The van der Waals surface area contributed by atoms with E-state index < -0.39 is 0 Å². The lowest BCUT2D eigenvalue weighted by atomic mass is 9.98. The van der Waals surface area contributed by atoms with Gasteiger partial charge in [0.1, 0.15) is 0 Å². The Balaban J connectivity index is 1.15. The standard InChI is InChI=1S/C38H24N6/c1-4-25(27-6-2-8-29(19-27)43-35-10-14-39-21-31(35)32-22-40-15-11-36(32)43)18-26(5-1)28-7-3-9-30(20-28)44-37-12-16-41-23-33(37)34-24-42-17-13-38(34)44/h1-24H. The van der Waals surface area contributed by atoms with Crippen LogP contribution < -0.4 is 0 Å². The van der Waals surface area contributed by atoms with Crippen LogP contribution in [0.3, 0.4) is 0 Å². The molecule has 6 nitrogen and oxygen atoms in total. The van der Waals surface area contributed by atoms with E-state index in [9.17, 15) is 0 Å². The van der Waals surface area contributed by atoms with Gasteiger partial charge < -0.3 is 9.13 Å². The molecule has 0 N–H and O–H groups in total. The summed E-state index contributed by atoms with van der Waals surface area (Å²) < 4.78 is 4.59. The highest BCUT2D eigenvalue weighted by atomic mass is 15.0. The highest BCUT2D eigenvalue weighted by Gasteiger charge is 2.15. The Kier molecular flexibility index (Phi) is 5.40. The van der Waals surface area contributed by atoms with Gasteiger partial charge in [-0.3, -0.25) is 19.9 Å². The Bertz CT molecular complexity index is 2240. The number of benzene rings is 3. The number of pyridine rings is 4. The summed E-state index contributed by atoms with van der Waals surface area (Å²) in [6, 6.07) is 34.5. The Labute approximate surface area is 252 Å². The van der Waals surface area contributed by atoms with Crippen LogP contribution in [0.15, 0.2) is 147 Å².